The van der Waals surface area contributed by atoms with Gasteiger partial charge in [-0.1, -0.05) is 0 Å². The molecule has 8 N–H and O–H groups in total. The number of hydrogen-bond donors (Lipinski definition) is 6. The fourth-order valence-corrected chi connectivity index (χ4v) is 5.12. The van der Waals surface area contributed by atoms with Gasteiger partial charge in [-0.15, -0.1) is 0 Å². The molecule has 0 heterocycles. The highest BCUT2D eigenvalue weighted by Gasteiger charge is 2.10. The van der Waals surface area contributed by atoms with Crippen molar-refractivity contribution in [3.63, 3.8) is 0 Å². The van der Waals surface area contributed by atoms with E-state index in [1.807, 2.05) is 26.2 Å². The zero-order valence-corrected chi connectivity index (χ0v) is 28.8. The number of nitrogens with one attached hydrogen (secondary N) is 4. The van der Waals surface area contributed by atoms with E-state index in [-0.39, 0.29) is 0 Å². The maximum absolute atomic E-state index is 5.94. The van der Waals surface area contributed by atoms with Crippen LogP contribution >= 0.6 is 0 Å². The lowest BCUT2D eigenvalue weighted by Crippen LogP contribution is -2.35. The Morgan fingerprint density at radius 1 is 0.522 bits per heavy atom. The van der Waals surface area contributed by atoms with Gasteiger partial charge in [-0.2, -0.15) is 0 Å². The van der Waals surface area contributed by atoms with Crippen LogP contribution in [-0.2, 0) is 0 Å². The first-order valence-electron chi connectivity index (χ1n) is 16.5. The summed E-state index contributed by atoms with van der Waals surface area (Å²) in [6.07, 6.45) is 2.30. The molecule has 0 radical (unpaired) electrons. The van der Waals surface area contributed by atoms with E-state index in [0.717, 1.165) is 86.0 Å². The van der Waals surface area contributed by atoms with E-state index in [1.54, 1.807) is 0 Å². The number of anilines is 8. The molecule has 0 atom stereocenters. The van der Waals surface area contributed by atoms with Crippen molar-refractivity contribution in [1.82, 2.24) is 0 Å². The highest BCUT2D eigenvalue weighted by atomic mass is 15.2. The highest BCUT2D eigenvalue weighted by Crippen LogP contribution is 2.23. The van der Waals surface area contributed by atoms with E-state index in [1.165, 1.54) is 22.7 Å². The minimum Gasteiger partial charge on any atom is -0.399 e. The molecule has 0 fully saturated rings. The molecule has 8 nitrogen and oxygen atoms in total. The standard InChI is InChI=1S/C20H30N4.C18H26N4/c1-5-23(17-7-9-19(21)15(3)13-17)11-12-24(6-2)18-8-10-20(22)16(4)14-18;1-19-15-5-9-17(10-6-15)21-13-3-4-14-22-18-11-7-16(20-2)8-12-18/h7-10,13-14H,5-6,11-12,21-22H2,1-4H3;5-12,19-22H,3-4,13-14H2,1-2H3. The minimum absolute atomic E-state index is 0.849. The molecule has 0 amide bonds. The average molecular weight is 625 g/mol. The van der Waals surface area contributed by atoms with Crippen molar-refractivity contribution in [2.45, 2.75) is 40.5 Å². The molecule has 0 aromatic heterocycles. The zero-order chi connectivity index (χ0) is 33.3. The van der Waals surface area contributed by atoms with Crippen LogP contribution in [0.3, 0.4) is 0 Å². The molecular formula is C38H56N8. The first-order chi connectivity index (χ1) is 22.3. The van der Waals surface area contributed by atoms with Gasteiger partial charge in [0, 0.05) is 98.9 Å². The molecule has 0 spiro atoms. The number of nitrogen functional groups attached to an aromatic ring is 2. The van der Waals surface area contributed by atoms with Crippen LogP contribution in [0.25, 0.3) is 0 Å². The van der Waals surface area contributed by atoms with Gasteiger partial charge in [-0.05, 0) is 137 Å². The number of hydrogen-bond acceptors (Lipinski definition) is 8. The second-order valence-corrected chi connectivity index (χ2v) is 11.5. The summed E-state index contributed by atoms with van der Waals surface area (Å²) >= 11 is 0. The van der Waals surface area contributed by atoms with Crippen molar-refractivity contribution in [2.24, 2.45) is 0 Å². The molecular weight excluding hydrogens is 568 g/mol. The van der Waals surface area contributed by atoms with Crippen LogP contribution in [0, 0.1) is 13.8 Å². The van der Waals surface area contributed by atoms with E-state index >= 15 is 0 Å². The summed E-state index contributed by atoms with van der Waals surface area (Å²) in [6, 6.07) is 29.3. The molecule has 0 bridgehead atoms. The summed E-state index contributed by atoms with van der Waals surface area (Å²) in [6.45, 7) is 14.4. The van der Waals surface area contributed by atoms with Gasteiger partial charge in [0.25, 0.3) is 0 Å². The molecule has 248 valence electrons. The first kappa shape index (κ1) is 35.8. The van der Waals surface area contributed by atoms with Crippen molar-refractivity contribution in [3.8, 4) is 0 Å². The highest BCUT2D eigenvalue weighted by molar-refractivity contribution is 5.60. The molecule has 8 heteroatoms. The summed E-state index contributed by atoms with van der Waals surface area (Å²) in [5.74, 6) is 0. The summed E-state index contributed by atoms with van der Waals surface area (Å²) in [7, 11) is 3.86. The fourth-order valence-electron chi connectivity index (χ4n) is 5.12. The van der Waals surface area contributed by atoms with Crippen LogP contribution in [0.4, 0.5) is 45.5 Å². The molecule has 4 aromatic rings. The minimum atomic E-state index is 0.849. The Balaban J connectivity index is 0.000000251. The molecule has 0 aliphatic rings. The van der Waals surface area contributed by atoms with Crippen molar-refractivity contribution in [3.05, 3.63) is 96.1 Å². The second kappa shape index (κ2) is 18.9. The lowest BCUT2D eigenvalue weighted by molar-refractivity contribution is 0.754. The Morgan fingerprint density at radius 2 is 0.870 bits per heavy atom. The van der Waals surface area contributed by atoms with Crippen molar-refractivity contribution in [2.75, 3.05) is 95.9 Å². The lowest BCUT2D eigenvalue weighted by Gasteiger charge is -2.29. The molecule has 0 unspecified atom stereocenters. The number of unbranched alkanes of at least 4 members (excludes halogenated alkanes) is 1. The van der Waals surface area contributed by atoms with Gasteiger partial charge in [0.15, 0.2) is 0 Å². The van der Waals surface area contributed by atoms with E-state index in [9.17, 15) is 0 Å². The van der Waals surface area contributed by atoms with Crippen LogP contribution in [0.5, 0.6) is 0 Å². The first-order valence-corrected chi connectivity index (χ1v) is 16.5. The molecule has 0 saturated carbocycles. The van der Waals surface area contributed by atoms with Gasteiger partial charge in [-0.3, -0.25) is 0 Å². The number of likely N-dealkylation sites (N-methyl/N-ethyl adjacent to an activating group) is 2. The molecule has 4 rings (SSSR count). The Bertz CT molecular complexity index is 1330. The Morgan fingerprint density at radius 3 is 1.17 bits per heavy atom. The van der Waals surface area contributed by atoms with Gasteiger partial charge < -0.3 is 42.5 Å². The normalized spacial score (nSPS) is 10.4. The van der Waals surface area contributed by atoms with Crippen LogP contribution in [-0.4, -0.2) is 53.4 Å². The van der Waals surface area contributed by atoms with Crippen molar-refractivity contribution < 1.29 is 0 Å². The monoisotopic (exact) mass is 624 g/mol. The average Bonchev–Trinajstić information content (AvgIpc) is 3.08. The molecule has 0 aliphatic carbocycles. The zero-order valence-electron chi connectivity index (χ0n) is 28.8. The number of nitrogens with zero attached hydrogens (tertiary/aromatic N) is 2. The Labute approximate surface area is 277 Å². The van der Waals surface area contributed by atoms with E-state index < -0.39 is 0 Å². The van der Waals surface area contributed by atoms with E-state index in [4.69, 9.17) is 11.5 Å². The third-order valence-electron chi connectivity index (χ3n) is 8.25. The number of benzene rings is 4. The molecule has 46 heavy (non-hydrogen) atoms. The van der Waals surface area contributed by atoms with Crippen LogP contribution in [0.15, 0.2) is 84.9 Å². The third-order valence-corrected chi connectivity index (χ3v) is 8.25. The van der Waals surface area contributed by atoms with Crippen LogP contribution in [0.1, 0.15) is 37.8 Å². The van der Waals surface area contributed by atoms with Gasteiger partial charge in [0.1, 0.15) is 0 Å². The Hall–Kier alpha value is -4.72. The smallest absolute Gasteiger partial charge is 0.0370 e. The van der Waals surface area contributed by atoms with Gasteiger partial charge in [0.05, 0.1) is 0 Å². The SMILES string of the molecule is CCN(CCN(CC)c1ccc(N)c(C)c1)c1ccc(N)c(C)c1.CNc1ccc(NCCCCNc2ccc(NC)cc2)cc1. The maximum Gasteiger partial charge on any atom is 0.0370 e. The maximum atomic E-state index is 5.94. The third kappa shape index (κ3) is 11.3. The predicted molar refractivity (Wildman–Crippen MR) is 205 cm³/mol. The summed E-state index contributed by atoms with van der Waals surface area (Å²) in [5, 5.41) is 13.1. The summed E-state index contributed by atoms with van der Waals surface area (Å²) in [5.41, 5.74) is 22.9. The molecule has 0 aliphatic heterocycles. The van der Waals surface area contributed by atoms with Crippen molar-refractivity contribution in [1.29, 1.82) is 0 Å². The number of nitrogens with two attached hydrogens (primary N) is 2. The Kier molecular flexibility index (Phi) is 14.7. The quantitative estimate of drug-likeness (QED) is 0.0552. The van der Waals surface area contributed by atoms with E-state index in [2.05, 4.69) is 132 Å². The van der Waals surface area contributed by atoms with Gasteiger partial charge in [0.2, 0.25) is 0 Å². The largest absolute Gasteiger partial charge is 0.399 e. The van der Waals surface area contributed by atoms with Gasteiger partial charge >= 0.3 is 0 Å². The predicted octanol–water partition coefficient (Wildman–Crippen LogP) is 7.89. The van der Waals surface area contributed by atoms with Crippen LogP contribution in [0.2, 0.25) is 0 Å². The van der Waals surface area contributed by atoms with Crippen molar-refractivity contribution >= 4 is 45.5 Å². The summed E-state index contributed by atoms with van der Waals surface area (Å²) in [4.78, 5) is 4.78. The van der Waals surface area contributed by atoms with Crippen LogP contribution < -0.4 is 42.5 Å². The van der Waals surface area contributed by atoms with E-state index in [0.29, 0.717) is 0 Å². The molecule has 0 saturated heterocycles. The van der Waals surface area contributed by atoms with Gasteiger partial charge in [-0.25, -0.2) is 0 Å². The summed E-state index contributed by atoms with van der Waals surface area (Å²) < 4.78 is 0. The number of rotatable bonds is 16. The lowest BCUT2D eigenvalue weighted by atomic mass is 10.1. The molecule has 4 aromatic carbocycles. The number of aryl methyl sites for hydroxylation is 2. The fraction of sp³-hybridized carbons (Fsp3) is 0.368. The second-order valence-electron chi connectivity index (χ2n) is 11.5. The topological polar surface area (TPSA) is 107 Å².